The Morgan fingerprint density at radius 1 is 1.50 bits per heavy atom. The number of aliphatic hydroxyl groups is 1. The maximum Gasteiger partial charge on any atom is 0.248 e. The Morgan fingerprint density at radius 2 is 2.30 bits per heavy atom. The van der Waals surface area contributed by atoms with Gasteiger partial charge in [-0.15, -0.1) is 0 Å². The molecule has 1 atom stereocenters. The number of hydrogen-bond donors (Lipinski definition) is 2. The van der Waals surface area contributed by atoms with Gasteiger partial charge in [0.05, 0.1) is 0 Å². The van der Waals surface area contributed by atoms with Gasteiger partial charge in [-0.1, -0.05) is 12.1 Å². The highest BCUT2D eigenvalue weighted by Crippen LogP contribution is 2.14. The van der Waals surface area contributed by atoms with Crippen LogP contribution in [0.3, 0.4) is 0 Å². The maximum atomic E-state index is 11.6. The molecule has 1 aromatic heterocycles. The van der Waals surface area contributed by atoms with Crippen molar-refractivity contribution in [1.82, 2.24) is 10.3 Å². The molecule has 0 aliphatic rings. The first-order valence-electron chi connectivity index (χ1n) is 6.50. The van der Waals surface area contributed by atoms with E-state index in [4.69, 9.17) is 4.42 Å². The molecule has 0 bridgehead atoms. The lowest BCUT2D eigenvalue weighted by Crippen LogP contribution is -2.36. The van der Waals surface area contributed by atoms with Gasteiger partial charge in [-0.25, -0.2) is 4.98 Å². The topological polar surface area (TPSA) is 75.4 Å². The number of nitrogens with one attached hydrogen (secondary N) is 1. The molecule has 0 radical (unpaired) electrons. The van der Waals surface area contributed by atoms with E-state index in [-0.39, 0.29) is 5.91 Å². The second-order valence-corrected chi connectivity index (χ2v) is 5.40. The molecule has 5 nitrogen and oxygen atoms in total. The zero-order valence-corrected chi connectivity index (χ0v) is 12.2. The van der Waals surface area contributed by atoms with Crippen LogP contribution >= 0.6 is 11.8 Å². The van der Waals surface area contributed by atoms with Gasteiger partial charge in [0.25, 0.3) is 0 Å². The first kappa shape index (κ1) is 14.9. The maximum absolute atomic E-state index is 11.6. The van der Waals surface area contributed by atoms with E-state index in [9.17, 15) is 9.90 Å². The Morgan fingerprint density at radius 3 is 3.05 bits per heavy atom. The molecular formula is C14H18N2O3S. The van der Waals surface area contributed by atoms with Crippen LogP contribution in [0.2, 0.25) is 0 Å². The minimum absolute atomic E-state index is 0.338. The third-order valence-corrected chi connectivity index (χ3v) is 3.52. The van der Waals surface area contributed by atoms with Crippen LogP contribution in [0, 0.1) is 0 Å². The summed E-state index contributed by atoms with van der Waals surface area (Å²) < 4.78 is 5.55. The summed E-state index contributed by atoms with van der Waals surface area (Å²) in [5, 5.41) is 12.3. The third kappa shape index (κ3) is 3.98. The summed E-state index contributed by atoms with van der Waals surface area (Å²) in [6, 6.07) is 7.53. The fourth-order valence-electron chi connectivity index (χ4n) is 1.80. The largest absolute Gasteiger partial charge is 0.441 e. The molecular weight excluding hydrogens is 276 g/mol. The van der Waals surface area contributed by atoms with E-state index in [0.717, 1.165) is 16.9 Å². The average molecular weight is 294 g/mol. The first-order chi connectivity index (χ1) is 9.70. The van der Waals surface area contributed by atoms with Crippen LogP contribution < -0.4 is 5.32 Å². The Kier molecular flexibility index (Phi) is 5.43. The predicted octanol–water partition coefficient (Wildman–Crippen LogP) is 1.60. The molecule has 20 heavy (non-hydrogen) atoms. The van der Waals surface area contributed by atoms with E-state index < -0.39 is 6.10 Å². The van der Waals surface area contributed by atoms with Gasteiger partial charge in [0, 0.05) is 13.0 Å². The zero-order chi connectivity index (χ0) is 14.4. The minimum atomic E-state index is -0.939. The van der Waals surface area contributed by atoms with Crippen molar-refractivity contribution in [2.24, 2.45) is 0 Å². The van der Waals surface area contributed by atoms with Crippen LogP contribution in [0.4, 0.5) is 0 Å². The van der Waals surface area contributed by atoms with Gasteiger partial charge in [-0.3, -0.25) is 4.79 Å². The molecule has 0 saturated carbocycles. The summed E-state index contributed by atoms with van der Waals surface area (Å²) in [4.78, 5) is 15.9. The molecule has 108 valence electrons. The number of carbonyl (C=O) groups is 1. The number of rotatable bonds is 7. The fourth-order valence-corrected chi connectivity index (χ4v) is 2.26. The van der Waals surface area contributed by atoms with E-state index in [0.29, 0.717) is 25.3 Å². The Balaban J connectivity index is 1.79. The van der Waals surface area contributed by atoms with Crippen molar-refractivity contribution in [3.8, 4) is 0 Å². The quantitative estimate of drug-likeness (QED) is 0.811. The molecule has 2 N–H and O–H groups in total. The molecule has 6 heteroatoms. The second-order valence-electron chi connectivity index (χ2n) is 4.41. The van der Waals surface area contributed by atoms with Crippen molar-refractivity contribution in [2.75, 3.05) is 18.6 Å². The molecule has 0 unspecified atom stereocenters. The molecule has 1 amide bonds. The van der Waals surface area contributed by atoms with E-state index in [1.54, 1.807) is 11.8 Å². The minimum Gasteiger partial charge on any atom is -0.441 e. The lowest BCUT2D eigenvalue weighted by molar-refractivity contribution is -0.129. The summed E-state index contributed by atoms with van der Waals surface area (Å²) in [5.41, 5.74) is 1.56. The predicted molar refractivity (Wildman–Crippen MR) is 79.7 cm³/mol. The summed E-state index contributed by atoms with van der Waals surface area (Å²) in [5.74, 6) is 1.01. The number of benzene rings is 1. The lowest BCUT2D eigenvalue weighted by Gasteiger charge is -2.09. The zero-order valence-electron chi connectivity index (χ0n) is 11.3. The second kappa shape index (κ2) is 7.31. The fraction of sp³-hybridized carbons (Fsp3) is 0.429. The Hall–Kier alpha value is -1.53. The van der Waals surface area contributed by atoms with E-state index >= 15 is 0 Å². The van der Waals surface area contributed by atoms with Crippen LogP contribution in [-0.4, -0.2) is 40.7 Å². The average Bonchev–Trinajstić information content (AvgIpc) is 2.87. The van der Waals surface area contributed by atoms with E-state index in [1.807, 2.05) is 30.5 Å². The molecule has 0 aliphatic heterocycles. The number of thioether (sulfide) groups is 1. The number of oxazole rings is 1. The monoisotopic (exact) mass is 294 g/mol. The summed E-state index contributed by atoms with van der Waals surface area (Å²) in [6.45, 7) is 0.405. The van der Waals surface area contributed by atoms with E-state index in [1.165, 1.54) is 0 Å². The highest BCUT2D eigenvalue weighted by molar-refractivity contribution is 7.98. The van der Waals surface area contributed by atoms with Crippen molar-refractivity contribution in [1.29, 1.82) is 0 Å². The van der Waals surface area contributed by atoms with Gasteiger partial charge in [0.1, 0.15) is 11.6 Å². The van der Waals surface area contributed by atoms with Crippen molar-refractivity contribution in [2.45, 2.75) is 18.9 Å². The molecule has 1 heterocycles. The van der Waals surface area contributed by atoms with Crippen LogP contribution in [-0.2, 0) is 11.2 Å². The van der Waals surface area contributed by atoms with Crippen molar-refractivity contribution in [3.05, 3.63) is 30.2 Å². The summed E-state index contributed by atoms with van der Waals surface area (Å²) in [6.07, 6.45) is 1.98. The van der Waals surface area contributed by atoms with Crippen LogP contribution in [0.1, 0.15) is 12.3 Å². The summed E-state index contributed by atoms with van der Waals surface area (Å²) >= 11 is 1.61. The molecule has 0 fully saturated rings. The number of fused-ring (bicyclic) bond motifs is 1. The number of amides is 1. The Bertz CT molecular complexity index is 537. The standard InChI is InChI=1S/C14H18N2O3S/c1-20-9-7-11(17)14(18)15-8-6-13-16-10-4-2-3-5-12(10)19-13/h2-5,11,17H,6-9H2,1H3,(H,15,18)/t11-/m0/s1. The van der Waals surface area contributed by atoms with Crippen molar-refractivity contribution >= 4 is 28.8 Å². The van der Waals surface area contributed by atoms with Gasteiger partial charge < -0.3 is 14.8 Å². The van der Waals surface area contributed by atoms with Crippen molar-refractivity contribution < 1.29 is 14.3 Å². The third-order valence-electron chi connectivity index (χ3n) is 2.87. The molecule has 0 aliphatic carbocycles. The van der Waals surface area contributed by atoms with Gasteiger partial charge in [-0.05, 0) is 30.6 Å². The molecule has 1 aromatic carbocycles. The SMILES string of the molecule is CSCC[C@H](O)C(=O)NCCc1nc2ccccc2o1. The van der Waals surface area contributed by atoms with E-state index in [2.05, 4.69) is 10.3 Å². The van der Waals surface area contributed by atoms with Gasteiger partial charge in [0.2, 0.25) is 5.91 Å². The van der Waals surface area contributed by atoms with Gasteiger partial charge in [0.15, 0.2) is 11.5 Å². The number of para-hydroxylation sites is 2. The Labute approximate surface area is 121 Å². The molecule has 0 spiro atoms. The number of nitrogens with zero attached hydrogens (tertiary/aromatic N) is 1. The number of aliphatic hydroxyl groups excluding tert-OH is 1. The first-order valence-corrected chi connectivity index (χ1v) is 7.89. The smallest absolute Gasteiger partial charge is 0.248 e. The van der Waals surface area contributed by atoms with Crippen LogP contribution in [0.5, 0.6) is 0 Å². The van der Waals surface area contributed by atoms with Crippen LogP contribution in [0.25, 0.3) is 11.1 Å². The number of carbonyl (C=O) groups excluding carboxylic acids is 1. The molecule has 2 rings (SSSR count). The highest BCUT2D eigenvalue weighted by atomic mass is 32.2. The number of hydrogen-bond acceptors (Lipinski definition) is 5. The van der Waals surface area contributed by atoms with Gasteiger partial charge >= 0.3 is 0 Å². The van der Waals surface area contributed by atoms with Crippen LogP contribution in [0.15, 0.2) is 28.7 Å². The lowest BCUT2D eigenvalue weighted by atomic mass is 10.2. The number of aromatic nitrogens is 1. The summed E-state index contributed by atoms with van der Waals surface area (Å²) in [7, 11) is 0. The van der Waals surface area contributed by atoms with Crippen molar-refractivity contribution in [3.63, 3.8) is 0 Å². The normalized spacial score (nSPS) is 12.5. The molecule has 0 saturated heterocycles. The highest BCUT2D eigenvalue weighted by Gasteiger charge is 2.14. The van der Waals surface area contributed by atoms with Gasteiger partial charge in [-0.2, -0.15) is 11.8 Å². The molecule has 2 aromatic rings.